The number of nitrogens with zero attached hydrogens (tertiary/aromatic N) is 2. The van der Waals surface area contributed by atoms with Crippen LogP contribution in [-0.2, 0) is 4.84 Å². The zero-order chi connectivity index (χ0) is 9.30. The maximum atomic E-state index is 8.72. The van der Waals surface area contributed by atoms with Gasteiger partial charge in [0, 0.05) is 0 Å². The van der Waals surface area contributed by atoms with Crippen LogP contribution in [0.5, 0.6) is 0 Å². The maximum Gasteiger partial charge on any atom is 0.158 e. The van der Waals surface area contributed by atoms with Crippen molar-refractivity contribution in [1.82, 2.24) is 5.17 Å². The van der Waals surface area contributed by atoms with Crippen molar-refractivity contribution >= 4 is 0 Å². The van der Waals surface area contributed by atoms with Gasteiger partial charge in [0.2, 0.25) is 0 Å². The van der Waals surface area contributed by atoms with Crippen molar-refractivity contribution in [3.05, 3.63) is 11.4 Å². The van der Waals surface area contributed by atoms with Gasteiger partial charge in [-0.2, -0.15) is 10.4 Å². The van der Waals surface area contributed by atoms with Crippen molar-refractivity contribution < 1.29 is 4.84 Å². The molecule has 1 rings (SSSR count). The molecule has 0 aromatic heterocycles. The average Bonchev–Trinajstić information content (AvgIpc) is 2.29. The second kappa shape index (κ2) is 3.01. The summed E-state index contributed by atoms with van der Waals surface area (Å²) in [6, 6.07) is 1.98. The lowest BCUT2D eigenvalue weighted by Gasteiger charge is -2.15. The number of nitrogens with two attached hydrogens (primary N) is 2. The van der Waals surface area contributed by atoms with E-state index in [1.165, 1.54) is 0 Å². The van der Waals surface area contributed by atoms with E-state index < -0.39 is 0 Å². The predicted molar refractivity (Wildman–Crippen MR) is 42.6 cm³/mol. The number of nitriles is 1. The molecule has 0 radical (unpaired) electrons. The summed E-state index contributed by atoms with van der Waals surface area (Å²) in [4.78, 5) is 5.13. The summed E-state index contributed by atoms with van der Waals surface area (Å²) in [6.07, 6.45) is -0.306. The topological polar surface area (TPSA) is 88.3 Å². The van der Waals surface area contributed by atoms with Gasteiger partial charge in [-0.05, 0) is 5.92 Å². The van der Waals surface area contributed by atoms with E-state index in [4.69, 9.17) is 21.7 Å². The first-order chi connectivity index (χ1) is 5.57. The Morgan fingerprint density at radius 2 is 2.25 bits per heavy atom. The highest BCUT2D eigenvalue weighted by atomic mass is 16.7. The highest BCUT2D eigenvalue weighted by Gasteiger charge is 2.32. The highest BCUT2D eigenvalue weighted by Crippen LogP contribution is 2.24. The first kappa shape index (κ1) is 8.84. The zero-order valence-electron chi connectivity index (χ0n) is 7.11. The Morgan fingerprint density at radius 1 is 1.67 bits per heavy atom. The van der Waals surface area contributed by atoms with Crippen molar-refractivity contribution in [3.8, 4) is 6.07 Å². The van der Waals surface area contributed by atoms with Crippen LogP contribution in [-0.4, -0.2) is 11.3 Å². The lowest BCUT2D eigenvalue weighted by Crippen LogP contribution is -2.32. The molecule has 0 aromatic carbocycles. The van der Waals surface area contributed by atoms with Gasteiger partial charge in [0.1, 0.15) is 17.7 Å². The van der Waals surface area contributed by atoms with E-state index in [0.717, 1.165) is 5.17 Å². The molecule has 1 aliphatic heterocycles. The molecule has 0 aliphatic carbocycles. The molecule has 0 fully saturated rings. The number of hydrogen-bond donors (Lipinski definition) is 2. The molecule has 0 aromatic rings. The Balaban J connectivity index is 2.93. The molecule has 1 atom stereocenters. The fourth-order valence-corrected chi connectivity index (χ4v) is 1.07. The largest absolute Gasteiger partial charge is 0.381 e. The quantitative estimate of drug-likeness (QED) is 0.530. The van der Waals surface area contributed by atoms with Crippen LogP contribution in [0, 0.1) is 17.2 Å². The van der Waals surface area contributed by atoms with Crippen molar-refractivity contribution in [2.24, 2.45) is 17.5 Å². The van der Waals surface area contributed by atoms with Crippen molar-refractivity contribution in [3.63, 3.8) is 0 Å². The molecule has 0 spiro atoms. The maximum absolute atomic E-state index is 8.72. The number of hydrogen-bond acceptors (Lipinski definition) is 5. The van der Waals surface area contributed by atoms with E-state index in [-0.39, 0.29) is 17.8 Å². The lowest BCUT2D eigenvalue weighted by atomic mass is 10.0. The Labute approximate surface area is 71.1 Å². The highest BCUT2D eigenvalue weighted by molar-refractivity contribution is 5.31. The third-order valence-corrected chi connectivity index (χ3v) is 1.75. The van der Waals surface area contributed by atoms with Gasteiger partial charge in [-0.3, -0.25) is 0 Å². The summed E-state index contributed by atoms with van der Waals surface area (Å²) in [6.45, 7) is 3.88. The summed E-state index contributed by atoms with van der Waals surface area (Å²) in [5, 5.41) is 9.67. The van der Waals surface area contributed by atoms with Crippen molar-refractivity contribution in [2.75, 3.05) is 0 Å². The normalized spacial score (nSPS) is 23.6. The summed E-state index contributed by atoms with van der Waals surface area (Å²) in [7, 11) is 0. The third-order valence-electron chi connectivity index (χ3n) is 1.75. The van der Waals surface area contributed by atoms with Gasteiger partial charge in [0.15, 0.2) is 5.82 Å². The SMILES string of the molecule is CC(C)C1ON(N)C(N)=C1C#N. The first-order valence-electron chi connectivity index (χ1n) is 3.69. The number of hydroxylamine groups is 1. The van der Waals surface area contributed by atoms with E-state index in [1.807, 2.05) is 19.9 Å². The van der Waals surface area contributed by atoms with Crippen LogP contribution in [0.15, 0.2) is 11.4 Å². The van der Waals surface area contributed by atoms with E-state index in [0.29, 0.717) is 5.57 Å². The van der Waals surface area contributed by atoms with Gasteiger partial charge in [-0.15, -0.1) is 0 Å². The third kappa shape index (κ3) is 1.22. The van der Waals surface area contributed by atoms with Crippen LogP contribution in [0.1, 0.15) is 13.8 Å². The van der Waals surface area contributed by atoms with Crippen LogP contribution >= 0.6 is 0 Å². The Hall–Kier alpha value is -1.25. The van der Waals surface area contributed by atoms with Gasteiger partial charge >= 0.3 is 0 Å². The molecule has 4 N–H and O–H groups in total. The Morgan fingerprint density at radius 3 is 2.58 bits per heavy atom. The molecule has 1 aliphatic rings. The molecule has 12 heavy (non-hydrogen) atoms. The monoisotopic (exact) mass is 168 g/mol. The van der Waals surface area contributed by atoms with Crippen molar-refractivity contribution in [2.45, 2.75) is 20.0 Å². The lowest BCUT2D eigenvalue weighted by molar-refractivity contribution is -0.152. The molecule has 5 nitrogen and oxygen atoms in total. The molecule has 1 heterocycles. The molecule has 66 valence electrons. The second-order valence-corrected chi connectivity index (χ2v) is 3.01. The predicted octanol–water partition coefficient (Wildman–Crippen LogP) is -0.174. The van der Waals surface area contributed by atoms with Gasteiger partial charge in [0.25, 0.3) is 0 Å². The minimum atomic E-state index is -0.306. The van der Waals surface area contributed by atoms with Gasteiger partial charge in [-0.1, -0.05) is 13.8 Å². The number of hydrazine groups is 1. The summed E-state index contributed by atoms with van der Waals surface area (Å²) >= 11 is 0. The molecule has 0 amide bonds. The van der Waals surface area contributed by atoms with E-state index in [2.05, 4.69) is 0 Å². The van der Waals surface area contributed by atoms with E-state index >= 15 is 0 Å². The fourth-order valence-electron chi connectivity index (χ4n) is 1.07. The van der Waals surface area contributed by atoms with Gasteiger partial charge < -0.3 is 5.73 Å². The Bertz CT molecular complexity index is 253. The van der Waals surface area contributed by atoms with Crippen LogP contribution in [0.3, 0.4) is 0 Å². The van der Waals surface area contributed by atoms with Crippen LogP contribution in [0.25, 0.3) is 0 Å². The minimum absolute atomic E-state index is 0.187. The fraction of sp³-hybridized carbons (Fsp3) is 0.571. The number of rotatable bonds is 1. The zero-order valence-corrected chi connectivity index (χ0v) is 7.11. The average molecular weight is 168 g/mol. The van der Waals surface area contributed by atoms with Crippen LogP contribution in [0.4, 0.5) is 0 Å². The van der Waals surface area contributed by atoms with Gasteiger partial charge in [-0.25, -0.2) is 10.7 Å². The summed E-state index contributed by atoms with van der Waals surface area (Å²) in [5.74, 6) is 5.74. The molecule has 5 heteroatoms. The minimum Gasteiger partial charge on any atom is -0.381 e. The summed E-state index contributed by atoms with van der Waals surface area (Å²) < 4.78 is 0. The smallest absolute Gasteiger partial charge is 0.158 e. The second-order valence-electron chi connectivity index (χ2n) is 3.01. The molecule has 0 bridgehead atoms. The van der Waals surface area contributed by atoms with Crippen LogP contribution in [0.2, 0.25) is 0 Å². The van der Waals surface area contributed by atoms with Gasteiger partial charge in [0.05, 0.1) is 0 Å². The molecular weight excluding hydrogens is 156 g/mol. The summed E-state index contributed by atoms with van der Waals surface area (Å²) in [5.41, 5.74) is 5.90. The van der Waals surface area contributed by atoms with Crippen LogP contribution < -0.4 is 11.6 Å². The molecular formula is C7H12N4O. The first-order valence-corrected chi connectivity index (χ1v) is 3.69. The molecule has 1 unspecified atom stereocenters. The van der Waals surface area contributed by atoms with Crippen molar-refractivity contribution in [1.29, 1.82) is 5.26 Å². The Kier molecular flexibility index (Phi) is 2.22. The standard InChI is InChI=1S/C7H12N4O/c1-4(2)6-5(3-8)7(9)11(10)12-6/h4,6H,9-10H2,1-2H3. The van der Waals surface area contributed by atoms with E-state index in [9.17, 15) is 0 Å². The molecule has 0 saturated carbocycles. The molecule has 0 saturated heterocycles. The van der Waals surface area contributed by atoms with E-state index in [1.54, 1.807) is 0 Å².